The Hall–Kier alpha value is -0.450. The number of thiazole rings is 1. The van der Waals surface area contributed by atoms with E-state index in [4.69, 9.17) is 4.74 Å². The number of nitrogens with zero attached hydrogens (tertiary/aromatic N) is 1. The van der Waals surface area contributed by atoms with E-state index in [2.05, 4.69) is 31.1 Å². The predicted molar refractivity (Wildman–Crippen MR) is 69.2 cm³/mol. The van der Waals surface area contributed by atoms with Crippen molar-refractivity contribution in [3.63, 3.8) is 0 Å². The zero-order valence-corrected chi connectivity index (χ0v) is 11.5. The Bertz CT molecular complexity index is 292. The third kappa shape index (κ3) is 4.20. The third-order valence-corrected chi connectivity index (χ3v) is 3.75. The first kappa shape index (κ1) is 13.6. The van der Waals surface area contributed by atoms with E-state index in [9.17, 15) is 0 Å². The fraction of sp³-hybridized carbons (Fsp3) is 0.750. The van der Waals surface area contributed by atoms with E-state index in [0.717, 1.165) is 26.0 Å². The van der Waals surface area contributed by atoms with Crippen LogP contribution in [0.1, 0.15) is 28.9 Å². The van der Waals surface area contributed by atoms with Crippen LogP contribution in [0, 0.1) is 13.8 Å². The molecule has 1 N–H and O–H groups in total. The van der Waals surface area contributed by atoms with Crippen molar-refractivity contribution in [1.82, 2.24) is 10.3 Å². The molecule has 1 aromatic rings. The van der Waals surface area contributed by atoms with Gasteiger partial charge in [0.25, 0.3) is 0 Å². The molecule has 1 unspecified atom stereocenters. The average Bonchev–Trinajstić information content (AvgIpc) is 2.55. The fourth-order valence-electron chi connectivity index (χ4n) is 1.66. The number of methoxy groups -OCH3 is 1. The van der Waals surface area contributed by atoms with Crippen LogP contribution in [0.3, 0.4) is 0 Å². The molecule has 0 fully saturated rings. The van der Waals surface area contributed by atoms with Crippen LogP contribution in [-0.2, 0) is 11.2 Å². The number of hydrogen-bond donors (Lipinski definition) is 1. The first-order valence-electron chi connectivity index (χ1n) is 5.82. The average molecular weight is 242 g/mol. The molecule has 0 aromatic carbocycles. The predicted octanol–water partition coefficient (Wildman–Crippen LogP) is 2.32. The second-order valence-corrected chi connectivity index (χ2v) is 5.28. The Morgan fingerprint density at radius 1 is 1.44 bits per heavy atom. The minimum Gasteiger partial charge on any atom is -0.385 e. The summed E-state index contributed by atoms with van der Waals surface area (Å²) < 4.78 is 5.13. The van der Waals surface area contributed by atoms with Crippen molar-refractivity contribution >= 4 is 11.3 Å². The Balaban J connectivity index is 2.52. The van der Waals surface area contributed by atoms with Crippen LogP contribution in [-0.4, -0.2) is 31.3 Å². The molecular formula is C12H22N2OS. The van der Waals surface area contributed by atoms with Gasteiger partial charge in [-0.2, -0.15) is 0 Å². The van der Waals surface area contributed by atoms with Crippen molar-refractivity contribution in [2.24, 2.45) is 0 Å². The van der Waals surface area contributed by atoms with Gasteiger partial charge in [0.2, 0.25) is 0 Å². The summed E-state index contributed by atoms with van der Waals surface area (Å²) in [5, 5.41) is 4.71. The highest BCUT2D eigenvalue weighted by Crippen LogP contribution is 2.18. The summed E-state index contributed by atoms with van der Waals surface area (Å²) >= 11 is 1.81. The van der Waals surface area contributed by atoms with Crippen LogP contribution < -0.4 is 5.32 Å². The lowest BCUT2D eigenvalue weighted by molar-refractivity contribution is 0.183. The van der Waals surface area contributed by atoms with Gasteiger partial charge in [-0.15, -0.1) is 11.3 Å². The number of aryl methyl sites for hydroxylation is 2. The molecule has 1 atom stereocenters. The highest BCUT2D eigenvalue weighted by molar-refractivity contribution is 7.11. The van der Waals surface area contributed by atoms with Crippen molar-refractivity contribution in [3.8, 4) is 0 Å². The lowest BCUT2D eigenvalue weighted by Crippen LogP contribution is -2.32. The standard InChI is InChI=1S/C12H22N2OS/c1-5-13-11(6-7-15-4)8-12-14-9(2)10(3)16-12/h11,13H,5-8H2,1-4H3. The summed E-state index contributed by atoms with van der Waals surface area (Å²) in [5.74, 6) is 0. The molecule has 4 heteroatoms. The highest BCUT2D eigenvalue weighted by Gasteiger charge is 2.11. The van der Waals surface area contributed by atoms with Crippen molar-refractivity contribution in [1.29, 1.82) is 0 Å². The van der Waals surface area contributed by atoms with Gasteiger partial charge in [0, 0.05) is 31.1 Å². The molecule has 1 aromatic heterocycles. The molecule has 0 aliphatic rings. The van der Waals surface area contributed by atoms with Crippen LogP contribution in [0.25, 0.3) is 0 Å². The molecule has 0 radical (unpaired) electrons. The number of nitrogens with one attached hydrogen (secondary N) is 1. The van der Waals surface area contributed by atoms with Crippen molar-refractivity contribution < 1.29 is 4.74 Å². The third-order valence-electron chi connectivity index (χ3n) is 2.66. The van der Waals surface area contributed by atoms with Crippen molar-refractivity contribution in [3.05, 3.63) is 15.6 Å². The molecule has 0 spiro atoms. The largest absolute Gasteiger partial charge is 0.385 e. The van der Waals surface area contributed by atoms with Crippen LogP contribution in [0.2, 0.25) is 0 Å². The van der Waals surface area contributed by atoms with E-state index in [0.29, 0.717) is 6.04 Å². The normalized spacial score (nSPS) is 13.0. The van der Waals surface area contributed by atoms with Crippen molar-refractivity contribution in [2.45, 2.75) is 39.7 Å². The Morgan fingerprint density at radius 2 is 2.19 bits per heavy atom. The molecule has 0 aliphatic heterocycles. The summed E-state index contributed by atoms with van der Waals surface area (Å²) in [5.41, 5.74) is 1.17. The minimum atomic E-state index is 0.481. The molecule has 0 bridgehead atoms. The first-order chi connectivity index (χ1) is 7.67. The molecule has 0 aliphatic carbocycles. The fourth-order valence-corrected chi connectivity index (χ4v) is 2.68. The monoisotopic (exact) mass is 242 g/mol. The summed E-state index contributed by atoms with van der Waals surface area (Å²) in [4.78, 5) is 5.91. The number of likely N-dealkylation sites (N-methyl/N-ethyl adjacent to an activating group) is 1. The van der Waals surface area contributed by atoms with Crippen LogP contribution in [0.5, 0.6) is 0 Å². The SMILES string of the molecule is CCNC(CCOC)Cc1nc(C)c(C)s1. The number of aromatic nitrogens is 1. The van der Waals surface area contributed by atoms with Gasteiger partial charge in [0.1, 0.15) is 0 Å². The van der Waals surface area contributed by atoms with E-state index in [-0.39, 0.29) is 0 Å². The molecule has 3 nitrogen and oxygen atoms in total. The zero-order chi connectivity index (χ0) is 12.0. The van der Waals surface area contributed by atoms with Gasteiger partial charge in [-0.3, -0.25) is 0 Å². The Morgan fingerprint density at radius 3 is 2.69 bits per heavy atom. The Labute approximate surface area is 102 Å². The van der Waals surface area contributed by atoms with Gasteiger partial charge in [0.05, 0.1) is 10.7 Å². The van der Waals surface area contributed by atoms with E-state index in [1.54, 1.807) is 7.11 Å². The maximum atomic E-state index is 5.13. The van der Waals surface area contributed by atoms with Gasteiger partial charge in [-0.1, -0.05) is 6.92 Å². The van der Waals surface area contributed by atoms with Crippen LogP contribution >= 0.6 is 11.3 Å². The maximum Gasteiger partial charge on any atom is 0.0946 e. The van der Waals surface area contributed by atoms with Crippen molar-refractivity contribution in [2.75, 3.05) is 20.3 Å². The van der Waals surface area contributed by atoms with E-state index in [1.807, 2.05) is 11.3 Å². The van der Waals surface area contributed by atoms with Gasteiger partial charge >= 0.3 is 0 Å². The molecule has 0 saturated heterocycles. The molecule has 1 rings (SSSR count). The van der Waals surface area contributed by atoms with Gasteiger partial charge in [-0.05, 0) is 26.8 Å². The minimum absolute atomic E-state index is 0.481. The molecule has 92 valence electrons. The number of ether oxygens (including phenoxy) is 1. The molecule has 16 heavy (non-hydrogen) atoms. The van der Waals surface area contributed by atoms with Gasteiger partial charge < -0.3 is 10.1 Å². The number of hydrogen-bond acceptors (Lipinski definition) is 4. The molecule has 1 heterocycles. The molecule has 0 amide bonds. The second kappa shape index (κ2) is 6.99. The second-order valence-electron chi connectivity index (χ2n) is 3.99. The summed E-state index contributed by atoms with van der Waals surface area (Å²) in [6, 6.07) is 0.481. The first-order valence-corrected chi connectivity index (χ1v) is 6.64. The highest BCUT2D eigenvalue weighted by atomic mass is 32.1. The summed E-state index contributed by atoms with van der Waals surface area (Å²) in [6.07, 6.45) is 2.05. The van der Waals surface area contributed by atoms with Gasteiger partial charge in [0.15, 0.2) is 0 Å². The molecular weight excluding hydrogens is 220 g/mol. The van der Waals surface area contributed by atoms with E-state index < -0.39 is 0 Å². The Kier molecular flexibility index (Phi) is 5.95. The summed E-state index contributed by atoms with van der Waals surface area (Å²) in [6.45, 7) is 8.15. The lowest BCUT2D eigenvalue weighted by Gasteiger charge is -2.15. The van der Waals surface area contributed by atoms with Gasteiger partial charge in [-0.25, -0.2) is 4.98 Å². The van der Waals surface area contributed by atoms with E-state index in [1.165, 1.54) is 15.6 Å². The quantitative estimate of drug-likeness (QED) is 0.797. The van der Waals surface area contributed by atoms with Crippen LogP contribution in [0.4, 0.5) is 0 Å². The van der Waals surface area contributed by atoms with Crippen LogP contribution in [0.15, 0.2) is 0 Å². The molecule has 0 saturated carbocycles. The maximum absolute atomic E-state index is 5.13. The zero-order valence-electron chi connectivity index (χ0n) is 10.7. The smallest absolute Gasteiger partial charge is 0.0946 e. The number of rotatable bonds is 7. The topological polar surface area (TPSA) is 34.1 Å². The summed E-state index contributed by atoms with van der Waals surface area (Å²) in [7, 11) is 1.75. The lowest BCUT2D eigenvalue weighted by atomic mass is 10.1. The van der Waals surface area contributed by atoms with E-state index >= 15 is 0 Å².